The van der Waals surface area contributed by atoms with E-state index >= 15 is 0 Å². The van der Waals surface area contributed by atoms with Crippen LogP contribution in [-0.2, 0) is 19.0 Å². The van der Waals surface area contributed by atoms with E-state index in [-0.39, 0.29) is 18.1 Å². The van der Waals surface area contributed by atoms with Gasteiger partial charge in [-0.05, 0) is 26.3 Å². The van der Waals surface area contributed by atoms with Gasteiger partial charge < -0.3 is 19.5 Å². The van der Waals surface area contributed by atoms with Gasteiger partial charge in [0.1, 0.15) is 6.04 Å². The van der Waals surface area contributed by atoms with E-state index in [1.807, 2.05) is 0 Å². The second-order valence-electron chi connectivity index (χ2n) is 3.86. The fourth-order valence-electron chi connectivity index (χ4n) is 1.71. The topological polar surface area (TPSA) is 56.8 Å². The SMILES string of the molecule is CNC(CCOCC1CCCO1)C(=O)OC. The lowest BCUT2D eigenvalue weighted by Gasteiger charge is -2.14. The molecule has 5 nitrogen and oxygen atoms in total. The van der Waals surface area contributed by atoms with Gasteiger partial charge in [-0.25, -0.2) is 0 Å². The van der Waals surface area contributed by atoms with Gasteiger partial charge in [-0.2, -0.15) is 0 Å². The first-order valence-corrected chi connectivity index (χ1v) is 5.72. The quantitative estimate of drug-likeness (QED) is 0.505. The summed E-state index contributed by atoms with van der Waals surface area (Å²) in [6.45, 7) is 2.01. The Morgan fingerprint density at radius 2 is 2.44 bits per heavy atom. The number of hydrogen-bond acceptors (Lipinski definition) is 5. The Morgan fingerprint density at radius 1 is 1.62 bits per heavy atom. The molecule has 94 valence electrons. The molecule has 0 saturated carbocycles. The van der Waals surface area contributed by atoms with E-state index < -0.39 is 0 Å². The Bertz CT molecular complexity index is 204. The van der Waals surface area contributed by atoms with Gasteiger partial charge in [0.05, 0.1) is 19.8 Å². The largest absolute Gasteiger partial charge is 0.468 e. The first-order valence-electron chi connectivity index (χ1n) is 5.72. The average Bonchev–Trinajstić information content (AvgIpc) is 2.81. The molecule has 0 amide bonds. The Labute approximate surface area is 96.4 Å². The van der Waals surface area contributed by atoms with Crippen LogP contribution >= 0.6 is 0 Å². The van der Waals surface area contributed by atoms with Crippen LogP contribution in [0.15, 0.2) is 0 Å². The van der Waals surface area contributed by atoms with Gasteiger partial charge >= 0.3 is 5.97 Å². The zero-order valence-corrected chi connectivity index (χ0v) is 10.0. The average molecular weight is 231 g/mol. The third-order valence-corrected chi connectivity index (χ3v) is 2.71. The summed E-state index contributed by atoms with van der Waals surface area (Å²) in [5.74, 6) is -0.247. The van der Waals surface area contributed by atoms with Crippen molar-refractivity contribution in [2.45, 2.75) is 31.4 Å². The van der Waals surface area contributed by atoms with Crippen LogP contribution in [-0.4, -0.2) is 52.1 Å². The van der Waals surface area contributed by atoms with E-state index in [1.165, 1.54) is 7.11 Å². The molecule has 0 aromatic heterocycles. The first-order chi connectivity index (χ1) is 7.77. The smallest absolute Gasteiger partial charge is 0.322 e. The maximum Gasteiger partial charge on any atom is 0.322 e. The van der Waals surface area contributed by atoms with E-state index in [0.29, 0.717) is 19.6 Å². The van der Waals surface area contributed by atoms with Crippen molar-refractivity contribution in [1.29, 1.82) is 0 Å². The second-order valence-corrected chi connectivity index (χ2v) is 3.86. The van der Waals surface area contributed by atoms with Crippen LogP contribution in [0.2, 0.25) is 0 Å². The number of hydrogen-bond donors (Lipinski definition) is 1. The van der Waals surface area contributed by atoms with Crippen molar-refractivity contribution in [3.63, 3.8) is 0 Å². The number of ether oxygens (including phenoxy) is 3. The highest BCUT2D eigenvalue weighted by atomic mass is 16.5. The standard InChI is InChI=1S/C11H21NO4/c1-12-10(11(13)14-2)5-7-15-8-9-4-3-6-16-9/h9-10,12H,3-8H2,1-2H3. The molecule has 0 aliphatic carbocycles. The summed E-state index contributed by atoms with van der Waals surface area (Å²) >= 11 is 0. The molecule has 1 heterocycles. The number of rotatable bonds is 7. The molecular weight excluding hydrogens is 210 g/mol. The number of nitrogens with one attached hydrogen (secondary N) is 1. The number of carbonyl (C=O) groups is 1. The maximum atomic E-state index is 11.2. The van der Waals surface area contributed by atoms with Gasteiger partial charge in [-0.1, -0.05) is 0 Å². The molecule has 5 heteroatoms. The molecule has 16 heavy (non-hydrogen) atoms. The number of methoxy groups -OCH3 is 1. The molecule has 2 unspecified atom stereocenters. The third-order valence-electron chi connectivity index (χ3n) is 2.71. The molecule has 2 atom stereocenters. The van der Waals surface area contributed by atoms with Crippen molar-refractivity contribution in [1.82, 2.24) is 5.32 Å². The van der Waals surface area contributed by atoms with Crippen LogP contribution in [0.1, 0.15) is 19.3 Å². The highest BCUT2D eigenvalue weighted by Gasteiger charge is 2.18. The number of likely N-dealkylation sites (N-methyl/N-ethyl adjacent to an activating group) is 1. The maximum absolute atomic E-state index is 11.2. The summed E-state index contributed by atoms with van der Waals surface area (Å²) in [5, 5.41) is 2.90. The molecule has 0 radical (unpaired) electrons. The number of esters is 1. The molecule has 0 spiro atoms. The second kappa shape index (κ2) is 7.60. The Kier molecular flexibility index (Phi) is 6.37. The summed E-state index contributed by atoms with van der Waals surface area (Å²) in [4.78, 5) is 11.2. The van der Waals surface area contributed by atoms with Gasteiger partial charge in [-0.3, -0.25) is 4.79 Å². The van der Waals surface area contributed by atoms with Crippen molar-refractivity contribution in [3.05, 3.63) is 0 Å². The lowest BCUT2D eigenvalue weighted by Crippen LogP contribution is -2.36. The lowest BCUT2D eigenvalue weighted by atomic mass is 10.2. The summed E-state index contributed by atoms with van der Waals surface area (Å²) in [6.07, 6.45) is 3.06. The third kappa shape index (κ3) is 4.47. The Balaban J connectivity index is 2.06. The normalized spacial score (nSPS) is 22.0. The molecule has 1 aliphatic heterocycles. The molecular formula is C11H21NO4. The predicted molar refractivity (Wildman–Crippen MR) is 59.3 cm³/mol. The molecule has 0 aromatic rings. The molecule has 1 N–H and O–H groups in total. The van der Waals surface area contributed by atoms with E-state index in [2.05, 4.69) is 10.1 Å². The zero-order chi connectivity index (χ0) is 11.8. The minimum atomic E-state index is -0.283. The summed E-state index contributed by atoms with van der Waals surface area (Å²) < 4.78 is 15.5. The highest BCUT2D eigenvalue weighted by Crippen LogP contribution is 2.12. The van der Waals surface area contributed by atoms with Gasteiger partial charge in [-0.15, -0.1) is 0 Å². The van der Waals surface area contributed by atoms with Crippen molar-refractivity contribution in [3.8, 4) is 0 Å². The van der Waals surface area contributed by atoms with Gasteiger partial charge in [0, 0.05) is 13.2 Å². The molecule has 0 aromatic carbocycles. The monoisotopic (exact) mass is 231 g/mol. The molecule has 1 saturated heterocycles. The molecule has 1 aliphatic rings. The molecule has 1 rings (SSSR count). The van der Waals surface area contributed by atoms with Crippen LogP contribution in [0.3, 0.4) is 0 Å². The van der Waals surface area contributed by atoms with Crippen molar-refractivity contribution < 1.29 is 19.0 Å². The van der Waals surface area contributed by atoms with Crippen LogP contribution in [0.4, 0.5) is 0 Å². The van der Waals surface area contributed by atoms with Crippen LogP contribution in [0.5, 0.6) is 0 Å². The van der Waals surface area contributed by atoms with Crippen molar-refractivity contribution in [2.75, 3.05) is 34.0 Å². The Morgan fingerprint density at radius 3 is 3.00 bits per heavy atom. The van der Waals surface area contributed by atoms with Crippen molar-refractivity contribution in [2.24, 2.45) is 0 Å². The van der Waals surface area contributed by atoms with E-state index in [0.717, 1.165) is 19.4 Å². The minimum absolute atomic E-state index is 0.242. The molecule has 0 bridgehead atoms. The van der Waals surface area contributed by atoms with Gasteiger partial charge in [0.15, 0.2) is 0 Å². The highest BCUT2D eigenvalue weighted by molar-refractivity contribution is 5.75. The van der Waals surface area contributed by atoms with E-state index in [1.54, 1.807) is 7.05 Å². The summed E-state index contributed by atoms with van der Waals surface area (Å²) in [5.41, 5.74) is 0. The zero-order valence-electron chi connectivity index (χ0n) is 10.0. The fraction of sp³-hybridized carbons (Fsp3) is 0.909. The Hall–Kier alpha value is -0.650. The lowest BCUT2D eigenvalue weighted by molar-refractivity contribution is -0.143. The summed E-state index contributed by atoms with van der Waals surface area (Å²) in [6, 6.07) is -0.283. The predicted octanol–water partition coefficient (Wildman–Crippen LogP) is 0.333. The first kappa shape index (κ1) is 13.4. The molecule has 1 fully saturated rings. The van der Waals surface area contributed by atoms with Gasteiger partial charge in [0.2, 0.25) is 0 Å². The number of carbonyl (C=O) groups excluding carboxylic acids is 1. The van der Waals surface area contributed by atoms with E-state index in [4.69, 9.17) is 9.47 Å². The summed E-state index contributed by atoms with van der Waals surface area (Å²) in [7, 11) is 3.13. The van der Waals surface area contributed by atoms with Crippen LogP contribution in [0, 0.1) is 0 Å². The van der Waals surface area contributed by atoms with E-state index in [9.17, 15) is 4.79 Å². The fourth-order valence-corrected chi connectivity index (χ4v) is 1.71. The van der Waals surface area contributed by atoms with Gasteiger partial charge in [0.25, 0.3) is 0 Å². The van der Waals surface area contributed by atoms with Crippen LogP contribution < -0.4 is 5.32 Å². The minimum Gasteiger partial charge on any atom is -0.468 e. The van der Waals surface area contributed by atoms with Crippen LogP contribution in [0.25, 0.3) is 0 Å². The van der Waals surface area contributed by atoms with Crippen molar-refractivity contribution >= 4 is 5.97 Å².